The van der Waals surface area contributed by atoms with Crippen LogP contribution in [0, 0.1) is 0 Å². The molecule has 0 radical (unpaired) electrons. The number of hydrogen-bond donors (Lipinski definition) is 1. The molecule has 0 aliphatic rings. The molecule has 1 aromatic heterocycles. The number of rotatable bonds is 7. The summed E-state index contributed by atoms with van der Waals surface area (Å²) in [6.45, 7) is 1.01. The normalized spacial score (nSPS) is 10.5. The molecule has 0 aliphatic carbocycles. The molecule has 22 heavy (non-hydrogen) atoms. The molecule has 0 atom stereocenters. The summed E-state index contributed by atoms with van der Waals surface area (Å²) in [6, 6.07) is 13.3. The van der Waals surface area contributed by atoms with Gasteiger partial charge in [-0.3, -0.25) is 4.79 Å². The number of nitrogens with one attached hydrogen (secondary N) is 1. The molecule has 0 aliphatic heterocycles. The zero-order chi connectivity index (χ0) is 15.8. The summed E-state index contributed by atoms with van der Waals surface area (Å²) in [5.74, 6) is -0.322. The van der Waals surface area contributed by atoms with Gasteiger partial charge >= 0.3 is 5.97 Å². The molecule has 4 nitrogen and oxygen atoms in total. The van der Waals surface area contributed by atoms with Gasteiger partial charge in [-0.1, -0.05) is 53.5 Å². The third kappa shape index (κ3) is 6.02. The maximum atomic E-state index is 11.6. The van der Waals surface area contributed by atoms with Crippen molar-refractivity contribution in [2.75, 3.05) is 13.1 Å². The van der Waals surface area contributed by atoms with Crippen LogP contribution in [0.1, 0.15) is 11.1 Å². The zero-order valence-corrected chi connectivity index (χ0v) is 13.4. The van der Waals surface area contributed by atoms with Crippen molar-refractivity contribution in [2.24, 2.45) is 0 Å². The van der Waals surface area contributed by atoms with E-state index in [4.69, 9.17) is 27.9 Å². The molecule has 1 heterocycles. The Bertz CT molecular complexity index is 601. The van der Waals surface area contributed by atoms with Gasteiger partial charge in [0.25, 0.3) is 0 Å². The molecule has 116 valence electrons. The van der Waals surface area contributed by atoms with Crippen LogP contribution in [-0.2, 0) is 22.6 Å². The van der Waals surface area contributed by atoms with Crippen molar-refractivity contribution < 1.29 is 9.53 Å². The van der Waals surface area contributed by atoms with E-state index in [9.17, 15) is 4.79 Å². The predicted molar refractivity (Wildman–Crippen MR) is 87.1 cm³/mol. The summed E-state index contributed by atoms with van der Waals surface area (Å²) < 4.78 is 5.14. The van der Waals surface area contributed by atoms with E-state index >= 15 is 0 Å². The van der Waals surface area contributed by atoms with Gasteiger partial charge in [0.15, 0.2) is 0 Å². The molecule has 0 bridgehead atoms. The summed E-state index contributed by atoms with van der Waals surface area (Å²) in [5, 5.41) is 3.61. The molecule has 0 saturated carbocycles. The summed E-state index contributed by atoms with van der Waals surface area (Å²) in [6.07, 6.45) is 0.865. The molecule has 1 N–H and O–H groups in total. The lowest BCUT2D eigenvalue weighted by atomic mass is 10.1. The fraction of sp³-hybridized carbons (Fsp3) is 0.250. The minimum Gasteiger partial charge on any atom is -0.460 e. The Morgan fingerprint density at radius 2 is 1.77 bits per heavy atom. The first-order valence-corrected chi connectivity index (χ1v) is 7.61. The molecule has 1 aromatic carbocycles. The average Bonchev–Trinajstić information content (AvgIpc) is 2.50. The standard InChI is InChI=1S/C16H16Cl2N2O2/c17-14-8-13(9-15(18)20-14)11-22-16(21)10-19-7-6-12-4-2-1-3-5-12/h1-5,8-9,19H,6-7,10-11H2. The van der Waals surface area contributed by atoms with Gasteiger partial charge in [0.1, 0.15) is 16.9 Å². The van der Waals surface area contributed by atoms with Gasteiger partial charge in [-0.25, -0.2) is 4.98 Å². The highest BCUT2D eigenvalue weighted by Crippen LogP contribution is 2.15. The van der Waals surface area contributed by atoms with Gasteiger partial charge in [0, 0.05) is 0 Å². The number of pyridine rings is 1. The van der Waals surface area contributed by atoms with Crippen molar-refractivity contribution in [3.63, 3.8) is 0 Å². The lowest BCUT2D eigenvalue weighted by Crippen LogP contribution is -2.26. The van der Waals surface area contributed by atoms with Crippen molar-refractivity contribution >= 4 is 29.2 Å². The molecular weight excluding hydrogens is 323 g/mol. The van der Waals surface area contributed by atoms with Crippen LogP contribution < -0.4 is 5.32 Å². The van der Waals surface area contributed by atoms with E-state index in [1.807, 2.05) is 18.2 Å². The second-order valence-electron chi connectivity index (χ2n) is 4.69. The van der Waals surface area contributed by atoms with Gasteiger partial charge in [-0.2, -0.15) is 0 Å². The second kappa shape index (κ2) is 8.73. The smallest absolute Gasteiger partial charge is 0.320 e. The predicted octanol–water partition coefficient (Wildman–Crippen LogP) is 3.26. The molecule has 0 unspecified atom stereocenters. The molecule has 0 saturated heterocycles. The molecular formula is C16H16Cl2N2O2. The Hall–Kier alpha value is -1.62. The Morgan fingerprint density at radius 3 is 2.45 bits per heavy atom. The highest BCUT2D eigenvalue weighted by Gasteiger charge is 2.05. The van der Waals surface area contributed by atoms with E-state index in [2.05, 4.69) is 22.4 Å². The number of esters is 1. The molecule has 0 fully saturated rings. The average molecular weight is 339 g/mol. The lowest BCUT2D eigenvalue weighted by molar-refractivity contribution is -0.143. The quantitative estimate of drug-likeness (QED) is 0.478. The maximum Gasteiger partial charge on any atom is 0.320 e. The Kier molecular flexibility index (Phi) is 6.65. The van der Waals surface area contributed by atoms with Crippen LogP contribution in [0.2, 0.25) is 10.3 Å². The van der Waals surface area contributed by atoms with E-state index in [1.165, 1.54) is 5.56 Å². The Labute approximate surface area is 139 Å². The highest BCUT2D eigenvalue weighted by atomic mass is 35.5. The van der Waals surface area contributed by atoms with Crippen LogP contribution in [0.25, 0.3) is 0 Å². The van der Waals surface area contributed by atoms with Crippen molar-refractivity contribution in [3.8, 4) is 0 Å². The van der Waals surface area contributed by atoms with Crippen LogP contribution in [0.15, 0.2) is 42.5 Å². The Balaban J connectivity index is 1.65. The molecule has 0 spiro atoms. The molecule has 0 amide bonds. The summed E-state index contributed by atoms with van der Waals surface area (Å²) in [7, 11) is 0. The number of aromatic nitrogens is 1. The van der Waals surface area contributed by atoms with Crippen LogP contribution in [0.5, 0.6) is 0 Å². The molecule has 2 aromatic rings. The monoisotopic (exact) mass is 338 g/mol. The van der Waals surface area contributed by atoms with Gasteiger partial charge in [0.2, 0.25) is 0 Å². The number of carbonyl (C=O) groups excluding carboxylic acids is 1. The fourth-order valence-corrected chi connectivity index (χ4v) is 2.39. The van der Waals surface area contributed by atoms with E-state index in [0.717, 1.165) is 6.42 Å². The maximum absolute atomic E-state index is 11.6. The number of nitrogens with zero attached hydrogens (tertiary/aromatic N) is 1. The first kappa shape index (κ1) is 16.7. The largest absolute Gasteiger partial charge is 0.460 e. The molecule has 6 heteroatoms. The van der Waals surface area contributed by atoms with E-state index < -0.39 is 0 Å². The van der Waals surface area contributed by atoms with Gasteiger partial charge in [-0.15, -0.1) is 0 Å². The van der Waals surface area contributed by atoms with Gasteiger partial charge < -0.3 is 10.1 Å². The van der Waals surface area contributed by atoms with Crippen LogP contribution >= 0.6 is 23.2 Å². The Morgan fingerprint density at radius 1 is 1.09 bits per heavy atom. The third-order valence-corrected chi connectivity index (χ3v) is 3.31. The summed E-state index contributed by atoms with van der Waals surface area (Å²) >= 11 is 11.6. The second-order valence-corrected chi connectivity index (χ2v) is 5.47. The first-order valence-electron chi connectivity index (χ1n) is 6.86. The number of carbonyl (C=O) groups is 1. The number of ether oxygens (including phenoxy) is 1. The van der Waals surface area contributed by atoms with Crippen molar-refractivity contribution in [1.29, 1.82) is 0 Å². The topological polar surface area (TPSA) is 51.2 Å². The highest BCUT2D eigenvalue weighted by molar-refractivity contribution is 6.32. The number of halogens is 2. The van der Waals surface area contributed by atoms with Crippen molar-refractivity contribution in [2.45, 2.75) is 13.0 Å². The number of hydrogen-bond acceptors (Lipinski definition) is 4. The van der Waals surface area contributed by atoms with Crippen LogP contribution in [0.4, 0.5) is 0 Å². The van der Waals surface area contributed by atoms with Gasteiger partial charge in [-0.05, 0) is 36.2 Å². The number of benzene rings is 1. The minimum atomic E-state index is -0.322. The van der Waals surface area contributed by atoms with E-state index in [0.29, 0.717) is 12.1 Å². The lowest BCUT2D eigenvalue weighted by Gasteiger charge is -2.07. The van der Waals surface area contributed by atoms with E-state index in [-0.39, 0.29) is 29.4 Å². The van der Waals surface area contributed by atoms with Crippen molar-refractivity contribution in [1.82, 2.24) is 10.3 Å². The van der Waals surface area contributed by atoms with Crippen molar-refractivity contribution in [3.05, 3.63) is 63.9 Å². The molecule has 2 rings (SSSR count). The van der Waals surface area contributed by atoms with Gasteiger partial charge in [0.05, 0.1) is 6.54 Å². The third-order valence-electron chi connectivity index (χ3n) is 2.93. The fourth-order valence-electron chi connectivity index (χ4n) is 1.88. The summed E-state index contributed by atoms with van der Waals surface area (Å²) in [5.41, 5.74) is 1.94. The first-order chi connectivity index (χ1) is 10.6. The SMILES string of the molecule is O=C(CNCCc1ccccc1)OCc1cc(Cl)nc(Cl)c1. The van der Waals surface area contributed by atoms with Crippen LogP contribution in [-0.4, -0.2) is 24.0 Å². The zero-order valence-electron chi connectivity index (χ0n) is 11.9. The van der Waals surface area contributed by atoms with E-state index in [1.54, 1.807) is 12.1 Å². The minimum absolute atomic E-state index is 0.126. The van der Waals surface area contributed by atoms with Crippen LogP contribution in [0.3, 0.4) is 0 Å². The summed E-state index contributed by atoms with van der Waals surface area (Å²) in [4.78, 5) is 15.5.